The minimum absolute atomic E-state index is 0.0576. The lowest BCUT2D eigenvalue weighted by Crippen LogP contribution is -2.39. The Morgan fingerprint density at radius 3 is 2.68 bits per heavy atom. The molecule has 1 amide bonds. The zero-order valence-corrected chi connectivity index (χ0v) is 17.4. The van der Waals surface area contributed by atoms with Gasteiger partial charge in [-0.2, -0.15) is 0 Å². The number of benzene rings is 2. The van der Waals surface area contributed by atoms with Crippen molar-refractivity contribution in [3.63, 3.8) is 0 Å². The lowest BCUT2D eigenvalue weighted by molar-refractivity contribution is -0.117. The molecule has 3 rings (SSSR count). The van der Waals surface area contributed by atoms with Gasteiger partial charge in [-0.3, -0.25) is 4.79 Å². The number of nitrogens with one attached hydrogen (secondary N) is 2. The van der Waals surface area contributed by atoms with Gasteiger partial charge in [0.2, 0.25) is 5.91 Å². The molecule has 2 aromatic rings. The highest BCUT2D eigenvalue weighted by Crippen LogP contribution is 2.27. The number of anilines is 2. The molecule has 0 saturated carbocycles. The molecule has 1 aliphatic heterocycles. The summed E-state index contributed by atoms with van der Waals surface area (Å²) >= 11 is 5.43. The molecular weight excluding hydrogens is 370 g/mol. The molecule has 5 nitrogen and oxygen atoms in total. The third-order valence-electron chi connectivity index (χ3n) is 4.78. The van der Waals surface area contributed by atoms with Gasteiger partial charge in [0.15, 0.2) is 5.11 Å². The maximum absolute atomic E-state index is 12.0. The average molecular weight is 398 g/mol. The number of amides is 1. The molecule has 1 saturated heterocycles. The van der Waals surface area contributed by atoms with E-state index in [9.17, 15) is 4.79 Å². The molecule has 148 valence electrons. The number of hydrogen-bond donors (Lipinski definition) is 2. The summed E-state index contributed by atoms with van der Waals surface area (Å²) < 4.78 is 5.86. The SMILES string of the molecule is Cc1ccccc1OCC(C)NC(=S)Nc1ccc(N2CCCC2=O)c(C)c1. The van der Waals surface area contributed by atoms with Gasteiger partial charge < -0.3 is 20.3 Å². The Morgan fingerprint density at radius 1 is 1.21 bits per heavy atom. The molecule has 1 unspecified atom stereocenters. The van der Waals surface area contributed by atoms with Crippen LogP contribution in [0.25, 0.3) is 0 Å². The fourth-order valence-corrected chi connectivity index (χ4v) is 3.62. The second-order valence-corrected chi connectivity index (χ2v) is 7.63. The second kappa shape index (κ2) is 9.06. The molecule has 1 fully saturated rings. The van der Waals surface area contributed by atoms with Crippen LogP contribution in [0.2, 0.25) is 0 Å². The molecule has 6 heteroatoms. The number of hydrogen-bond acceptors (Lipinski definition) is 3. The maximum atomic E-state index is 12.0. The first-order valence-electron chi connectivity index (χ1n) is 9.61. The number of nitrogens with zero attached hydrogens (tertiary/aromatic N) is 1. The Labute approximate surface area is 172 Å². The zero-order chi connectivity index (χ0) is 20.1. The fraction of sp³-hybridized carbons (Fsp3) is 0.364. The van der Waals surface area contributed by atoms with Crippen LogP contribution in [0, 0.1) is 13.8 Å². The van der Waals surface area contributed by atoms with Gasteiger partial charge in [-0.15, -0.1) is 0 Å². The van der Waals surface area contributed by atoms with E-state index in [1.54, 1.807) is 0 Å². The summed E-state index contributed by atoms with van der Waals surface area (Å²) in [5, 5.41) is 7.01. The second-order valence-electron chi connectivity index (χ2n) is 7.23. The van der Waals surface area contributed by atoms with Crippen LogP contribution < -0.4 is 20.3 Å². The van der Waals surface area contributed by atoms with Gasteiger partial charge in [-0.1, -0.05) is 18.2 Å². The Hall–Kier alpha value is -2.60. The predicted molar refractivity (Wildman–Crippen MR) is 118 cm³/mol. The van der Waals surface area contributed by atoms with Gasteiger partial charge in [0.25, 0.3) is 0 Å². The molecule has 28 heavy (non-hydrogen) atoms. The summed E-state index contributed by atoms with van der Waals surface area (Å²) in [7, 11) is 0. The molecule has 0 spiro atoms. The van der Waals surface area contributed by atoms with E-state index in [1.165, 1.54) is 0 Å². The quantitative estimate of drug-likeness (QED) is 0.716. The molecule has 0 bridgehead atoms. The highest BCUT2D eigenvalue weighted by atomic mass is 32.1. The van der Waals surface area contributed by atoms with Crippen LogP contribution in [0.1, 0.15) is 30.9 Å². The van der Waals surface area contributed by atoms with Gasteiger partial charge in [0.05, 0.1) is 6.04 Å². The van der Waals surface area contributed by atoms with Crippen LogP contribution in [-0.2, 0) is 4.79 Å². The van der Waals surface area contributed by atoms with Crippen LogP contribution in [0.5, 0.6) is 5.75 Å². The Morgan fingerprint density at radius 2 is 2.00 bits per heavy atom. The van der Waals surface area contributed by atoms with E-state index in [1.807, 2.05) is 68.1 Å². The maximum Gasteiger partial charge on any atom is 0.227 e. The van der Waals surface area contributed by atoms with Crippen LogP contribution >= 0.6 is 12.2 Å². The van der Waals surface area contributed by atoms with Crippen molar-refractivity contribution >= 4 is 34.6 Å². The Bertz CT molecular complexity index is 869. The highest BCUT2D eigenvalue weighted by molar-refractivity contribution is 7.80. The van der Waals surface area contributed by atoms with E-state index in [-0.39, 0.29) is 11.9 Å². The van der Waals surface area contributed by atoms with Crippen LogP contribution in [0.3, 0.4) is 0 Å². The van der Waals surface area contributed by atoms with Crippen LogP contribution in [0.4, 0.5) is 11.4 Å². The first-order chi connectivity index (χ1) is 13.4. The topological polar surface area (TPSA) is 53.6 Å². The number of para-hydroxylation sites is 1. The number of rotatable bonds is 6. The predicted octanol–water partition coefficient (Wildman–Crippen LogP) is 4.18. The lowest BCUT2D eigenvalue weighted by Gasteiger charge is -2.21. The van der Waals surface area contributed by atoms with Crippen molar-refractivity contribution in [2.24, 2.45) is 0 Å². The molecule has 0 aromatic heterocycles. The van der Waals surface area contributed by atoms with Crippen molar-refractivity contribution in [1.29, 1.82) is 0 Å². The van der Waals surface area contributed by atoms with Crippen LogP contribution in [-0.4, -0.2) is 30.2 Å². The summed E-state index contributed by atoms with van der Waals surface area (Å²) in [4.78, 5) is 13.8. The molecule has 0 radical (unpaired) electrons. The average Bonchev–Trinajstić information content (AvgIpc) is 3.07. The fourth-order valence-electron chi connectivity index (χ4n) is 3.30. The lowest BCUT2D eigenvalue weighted by atomic mass is 10.1. The number of aryl methyl sites for hydroxylation is 2. The first-order valence-corrected chi connectivity index (χ1v) is 10.0. The molecule has 1 aliphatic rings. The van der Waals surface area contributed by atoms with Gasteiger partial charge in [0.1, 0.15) is 12.4 Å². The van der Waals surface area contributed by atoms with Gasteiger partial charge >= 0.3 is 0 Å². The molecule has 0 aliphatic carbocycles. The molecule has 1 heterocycles. The van der Waals surface area contributed by atoms with Crippen molar-refractivity contribution in [1.82, 2.24) is 5.32 Å². The number of thiocarbonyl (C=S) groups is 1. The van der Waals surface area contributed by atoms with Crippen molar-refractivity contribution in [2.75, 3.05) is 23.4 Å². The monoisotopic (exact) mass is 397 g/mol. The van der Waals surface area contributed by atoms with Crippen molar-refractivity contribution in [2.45, 2.75) is 39.7 Å². The van der Waals surface area contributed by atoms with Crippen molar-refractivity contribution < 1.29 is 9.53 Å². The Balaban J connectivity index is 1.52. The van der Waals surface area contributed by atoms with Gasteiger partial charge in [-0.25, -0.2) is 0 Å². The van der Waals surface area contributed by atoms with E-state index in [2.05, 4.69) is 10.6 Å². The standard InChI is InChI=1S/C22H27N3O2S/c1-15-7-4-5-8-20(15)27-14-17(3)23-22(28)24-18-10-11-19(16(2)13-18)25-12-6-9-21(25)26/h4-5,7-8,10-11,13,17H,6,9,12,14H2,1-3H3,(H2,23,24,28). The van der Waals surface area contributed by atoms with Gasteiger partial charge in [0, 0.05) is 24.3 Å². The van der Waals surface area contributed by atoms with E-state index in [0.29, 0.717) is 18.1 Å². The summed E-state index contributed by atoms with van der Waals surface area (Å²) in [6, 6.07) is 14.0. The smallest absolute Gasteiger partial charge is 0.227 e. The summed E-state index contributed by atoms with van der Waals surface area (Å²) in [5.41, 5.74) is 4.05. The largest absolute Gasteiger partial charge is 0.491 e. The zero-order valence-electron chi connectivity index (χ0n) is 16.6. The first kappa shape index (κ1) is 20.1. The van der Waals surface area contributed by atoms with Crippen molar-refractivity contribution in [3.8, 4) is 5.75 Å². The molecule has 1 atom stereocenters. The van der Waals surface area contributed by atoms with Crippen LogP contribution in [0.15, 0.2) is 42.5 Å². The van der Waals surface area contributed by atoms with E-state index in [0.717, 1.165) is 41.2 Å². The summed E-state index contributed by atoms with van der Waals surface area (Å²) in [5.74, 6) is 1.08. The third-order valence-corrected chi connectivity index (χ3v) is 5.00. The molecular formula is C22H27N3O2S. The van der Waals surface area contributed by atoms with Crippen molar-refractivity contribution in [3.05, 3.63) is 53.6 Å². The number of ether oxygens (including phenoxy) is 1. The highest BCUT2D eigenvalue weighted by Gasteiger charge is 2.22. The van der Waals surface area contributed by atoms with E-state index in [4.69, 9.17) is 17.0 Å². The Kier molecular flexibility index (Phi) is 6.52. The number of carbonyl (C=O) groups excluding carboxylic acids is 1. The normalized spacial score (nSPS) is 14.7. The minimum atomic E-state index is 0.0576. The van der Waals surface area contributed by atoms with Gasteiger partial charge in [-0.05, 0) is 74.8 Å². The summed E-state index contributed by atoms with van der Waals surface area (Å²) in [6.07, 6.45) is 1.56. The third kappa shape index (κ3) is 5.01. The molecule has 2 aromatic carbocycles. The minimum Gasteiger partial charge on any atom is -0.491 e. The van der Waals surface area contributed by atoms with E-state index < -0.39 is 0 Å². The summed E-state index contributed by atoms with van der Waals surface area (Å²) in [6.45, 7) is 7.38. The molecule has 2 N–H and O–H groups in total. The number of carbonyl (C=O) groups is 1. The van der Waals surface area contributed by atoms with E-state index >= 15 is 0 Å².